The van der Waals surface area contributed by atoms with Crippen LogP contribution in [0.25, 0.3) is 11.0 Å². The summed E-state index contributed by atoms with van der Waals surface area (Å²) in [6.07, 6.45) is 2.03. The van der Waals surface area contributed by atoms with Crippen molar-refractivity contribution in [2.24, 2.45) is 0 Å². The third-order valence-corrected chi connectivity index (χ3v) is 3.85. The zero-order chi connectivity index (χ0) is 19.2. The number of nitrogens with zero attached hydrogens (tertiary/aromatic N) is 2. The van der Waals surface area contributed by atoms with E-state index in [9.17, 15) is 14.4 Å². The number of para-hydroxylation sites is 2. The van der Waals surface area contributed by atoms with Gasteiger partial charge in [0.15, 0.2) is 5.76 Å². The zero-order valence-corrected chi connectivity index (χ0v) is 14.7. The fourth-order valence-corrected chi connectivity index (χ4v) is 2.59. The smallest absolute Gasteiger partial charge is 0.287 e. The Morgan fingerprint density at radius 1 is 1.07 bits per heavy atom. The summed E-state index contributed by atoms with van der Waals surface area (Å²) in [5.41, 5.74) is 6.26. The summed E-state index contributed by atoms with van der Waals surface area (Å²) in [5.74, 6) is -0.596. The highest BCUT2D eigenvalue weighted by molar-refractivity contribution is 5.94. The van der Waals surface area contributed by atoms with Crippen LogP contribution in [0, 0.1) is 0 Å². The molecule has 0 saturated heterocycles. The van der Waals surface area contributed by atoms with E-state index in [1.54, 1.807) is 10.6 Å². The maximum Gasteiger partial charge on any atom is 0.287 e. The molecule has 0 radical (unpaired) electrons. The van der Waals surface area contributed by atoms with Crippen LogP contribution < -0.4 is 16.2 Å². The molecule has 2 aromatic heterocycles. The van der Waals surface area contributed by atoms with Gasteiger partial charge < -0.3 is 14.3 Å². The molecule has 0 aliphatic carbocycles. The Morgan fingerprint density at radius 3 is 2.59 bits per heavy atom. The van der Waals surface area contributed by atoms with E-state index in [1.807, 2.05) is 31.2 Å². The number of furan rings is 1. The summed E-state index contributed by atoms with van der Waals surface area (Å²) < 4.78 is 6.72. The van der Waals surface area contributed by atoms with Gasteiger partial charge in [0.1, 0.15) is 12.4 Å². The van der Waals surface area contributed by atoms with Gasteiger partial charge in [-0.3, -0.25) is 25.2 Å². The Kier molecular flexibility index (Phi) is 5.50. The van der Waals surface area contributed by atoms with Gasteiger partial charge in [-0.2, -0.15) is 0 Å². The Bertz CT molecular complexity index is 961. The second kappa shape index (κ2) is 8.17. The minimum atomic E-state index is -0.561. The molecule has 0 atom stereocenters. The predicted octanol–water partition coefficient (Wildman–Crippen LogP) is 0.769. The zero-order valence-electron chi connectivity index (χ0n) is 14.7. The number of hydrogen-bond acceptors (Lipinski definition) is 5. The van der Waals surface area contributed by atoms with Gasteiger partial charge in [-0.1, -0.05) is 19.1 Å². The number of aryl methyl sites for hydroxylation is 1. The lowest BCUT2D eigenvalue weighted by Gasteiger charge is -2.10. The van der Waals surface area contributed by atoms with Crippen molar-refractivity contribution in [2.75, 3.05) is 6.54 Å². The number of hydrazine groups is 1. The normalized spacial score (nSPS) is 10.6. The second-order valence-corrected chi connectivity index (χ2v) is 5.71. The number of carbonyl (C=O) groups is 3. The summed E-state index contributed by atoms with van der Waals surface area (Å²) in [6.45, 7) is 1.68. The monoisotopic (exact) mass is 369 g/mol. The first-order chi connectivity index (χ1) is 13.1. The minimum Gasteiger partial charge on any atom is -0.459 e. The van der Waals surface area contributed by atoms with Crippen molar-refractivity contribution in [2.45, 2.75) is 19.9 Å². The molecule has 9 nitrogen and oxygen atoms in total. The highest BCUT2D eigenvalue weighted by atomic mass is 16.3. The predicted molar refractivity (Wildman–Crippen MR) is 96.4 cm³/mol. The molecular formula is C18H19N5O4. The standard InChI is InChI=1S/C18H19N5O4/c1-2-15-20-12-6-3-4-7-13(12)23(15)11-17(25)22-21-16(24)10-19-18(26)14-8-5-9-27-14/h3-9H,2,10-11H2,1H3,(H,19,26)(H,21,24)(H,22,25). The molecule has 1 aromatic carbocycles. The molecule has 3 rings (SSSR count). The van der Waals surface area contributed by atoms with Gasteiger partial charge in [0.25, 0.3) is 17.7 Å². The number of carbonyl (C=O) groups excluding carboxylic acids is 3. The van der Waals surface area contributed by atoms with Crippen LogP contribution in [0.1, 0.15) is 23.3 Å². The summed E-state index contributed by atoms with van der Waals surface area (Å²) in [4.78, 5) is 40.1. The molecule has 3 amide bonds. The van der Waals surface area contributed by atoms with Crippen LogP contribution in [0.5, 0.6) is 0 Å². The highest BCUT2D eigenvalue weighted by Crippen LogP contribution is 2.16. The molecule has 0 saturated carbocycles. The first-order valence-electron chi connectivity index (χ1n) is 8.42. The number of benzene rings is 1. The number of nitrogens with one attached hydrogen (secondary N) is 3. The van der Waals surface area contributed by atoms with Crippen molar-refractivity contribution in [1.29, 1.82) is 0 Å². The quantitative estimate of drug-likeness (QED) is 0.555. The molecule has 0 aliphatic heterocycles. The Morgan fingerprint density at radius 2 is 1.85 bits per heavy atom. The van der Waals surface area contributed by atoms with Crippen LogP contribution in [0.3, 0.4) is 0 Å². The number of amides is 3. The molecule has 27 heavy (non-hydrogen) atoms. The summed E-state index contributed by atoms with van der Waals surface area (Å²) in [5, 5.41) is 2.39. The lowest BCUT2D eigenvalue weighted by atomic mass is 10.3. The largest absolute Gasteiger partial charge is 0.459 e. The lowest BCUT2D eigenvalue weighted by molar-refractivity contribution is -0.128. The van der Waals surface area contributed by atoms with E-state index in [1.165, 1.54) is 12.3 Å². The van der Waals surface area contributed by atoms with Crippen LogP contribution in [-0.4, -0.2) is 33.8 Å². The summed E-state index contributed by atoms with van der Waals surface area (Å²) >= 11 is 0. The van der Waals surface area contributed by atoms with E-state index in [-0.39, 0.29) is 18.8 Å². The highest BCUT2D eigenvalue weighted by Gasteiger charge is 2.14. The molecular weight excluding hydrogens is 350 g/mol. The SMILES string of the molecule is CCc1nc2ccccc2n1CC(=O)NNC(=O)CNC(=O)c1ccco1. The topological polar surface area (TPSA) is 118 Å². The van der Waals surface area contributed by atoms with Crippen LogP contribution in [0.2, 0.25) is 0 Å². The van der Waals surface area contributed by atoms with Gasteiger partial charge in [-0.05, 0) is 24.3 Å². The van der Waals surface area contributed by atoms with Gasteiger partial charge in [0, 0.05) is 6.42 Å². The molecule has 140 valence electrons. The first kappa shape index (κ1) is 18.2. The van der Waals surface area contributed by atoms with Crippen molar-refractivity contribution < 1.29 is 18.8 Å². The molecule has 0 aliphatic rings. The van der Waals surface area contributed by atoms with Crippen LogP contribution in [0.4, 0.5) is 0 Å². The van der Waals surface area contributed by atoms with Crippen molar-refractivity contribution >= 4 is 28.8 Å². The minimum absolute atomic E-state index is 0.0166. The third kappa shape index (κ3) is 4.32. The van der Waals surface area contributed by atoms with Crippen LogP contribution in [0.15, 0.2) is 47.1 Å². The second-order valence-electron chi connectivity index (χ2n) is 5.71. The summed E-state index contributed by atoms with van der Waals surface area (Å²) in [6, 6.07) is 10.6. The number of imidazole rings is 1. The van der Waals surface area contributed by atoms with E-state index in [0.29, 0.717) is 6.42 Å². The van der Waals surface area contributed by atoms with Crippen molar-refractivity contribution in [1.82, 2.24) is 25.7 Å². The van der Waals surface area contributed by atoms with Crippen LogP contribution >= 0.6 is 0 Å². The fourth-order valence-electron chi connectivity index (χ4n) is 2.59. The van der Waals surface area contributed by atoms with Crippen molar-refractivity contribution in [3.05, 3.63) is 54.2 Å². The Hall–Kier alpha value is -3.62. The average molecular weight is 369 g/mol. The van der Waals surface area contributed by atoms with Gasteiger partial charge in [-0.15, -0.1) is 0 Å². The first-order valence-corrected chi connectivity index (χ1v) is 8.42. The van der Waals surface area contributed by atoms with Gasteiger partial charge >= 0.3 is 0 Å². The molecule has 0 fully saturated rings. The molecule has 9 heteroatoms. The molecule has 0 spiro atoms. The lowest BCUT2D eigenvalue weighted by Crippen LogP contribution is -2.47. The number of rotatable bonds is 6. The Balaban J connectivity index is 1.51. The molecule has 0 bridgehead atoms. The van der Waals surface area contributed by atoms with E-state index in [0.717, 1.165) is 16.9 Å². The Labute approximate surface area is 154 Å². The van der Waals surface area contributed by atoms with Crippen LogP contribution in [-0.2, 0) is 22.6 Å². The van der Waals surface area contributed by atoms with Crippen molar-refractivity contribution in [3.8, 4) is 0 Å². The maximum absolute atomic E-state index is 12.2. The average Bonchev–Trinajstić information content (AvgIpc) is 3.33. The van der Waals surface area contributed by atoms with E-state index >= 15 is 0 Å². The fraction of sp³-hybridized carbons (Fsp3) is 0.222. The number of fused-ring (bicyclic) bond motifs is 1. The summed E-state index contributed by atoms with van der Waals surface area (Å²) in [7, 11) is 0. The maximum atomic E-state index is 12.2. The van der Waals surface area contributed by atoms with Gasteiger partial charge in [0.2, 0.25) is 0 Å². The van der Waals surface area contributed by atoms with E-state index in [4.69, 9.17) is 4.42 Å². The molecule has 2 heterocycles. The number of aromatic nitrogens is 2. The van der Waals surface area contributed by atoms with E-state index < -0.39 is 17.7 Å². The molecule has 0 unspecified atom stereocenters. The van der Waals surface area contributed by atoms with Gasteiger partial charge in [0.05, 0.1) is 23.8 Å². The van der Waals surface area contributed by atoms with E-state index in [2.05, 4.69) is 21.2 Å². The van der Waals surface area contributed by atoms with Crippen molar-refractivity contribution in [3.63, 3.8) is 0 Å². The number of hydrogen-bond donors (Lipinski definition) is 3. The van der Waals surface area contributed by atoms with Gasteiger partial charge in [-0.25, -0.2) is 4.98 Å². The molecule has 3 N–H and O–H groups in total. The third-order valence-electron chi connectivity index (χ3n) is 3.85. The molecule has 3 aromatic rings.